The molecule has 1 fully saturated rings. The zero-order valence-corrected chi connectivity index (χ0v) is 14.4. The van der Waals surface area contributed by atoms with Crippen LogP contribution in [0.4, 0.5) is 0 Å². The van der Waals surface area contributed by atoms with Crippen molar-refractivity contribution in [3.8, 4) is 5.75 Å². The maximum atomic E-state index is 9.65. The molecule has 2 heteroatoms. The third kappa shape index (κ3) is 11.6. The van der Waals surface area contributed by atoms with E-state index in [0.717, 1.165) is 25.2 Å². The Balaban J connectivity index is 0.000000714. The van der Waals surface area contributed by atoms with Gasteiger partial charge in [0.05, 0.1) is 13.2 Å². The summed E-state index contributed by atoms with van der Waals surface area (Å²) in [7, 11) is 0. The molecule has 0 radical (unpaired) electrons. The second kappa shape index (κ2) is 13.6. The Kier molecular flexibility index (Phi) is 11.8. The number of hydrogen-bond acceptors (Lipinski definition) is 2. The molecule has 2 nitrogen and oxygen atoms in total. The quantitative estimate of drug-likeness (QED) is 0.409. The molecule has 0 unspecified atom stereocenters. The fraction of sp³-hybridized carbons (Fsp3) is 0.700. The highest BCUT2D eigenvalue weighted by Gasteiger charge is 1.99. The number of ether oxygens (including phenoxy) is 1. The summed E-state index contributed by atoms with van der Waals surface area (Å²) in [6.07, 6.45) is 14.6. The van der Waals surface area contributed by atoms with E-state index in [0.29, 0.717) is 5.75 Å². The van der Waals surface area contributed by atoms with Crippen LogP contribution in [0.2, 0.25) is 0 Å². The maximum absolute atomic E-state index is 9.65. The predicted octanol–water partition coefficient (Wildman–Crippen LogP) is 5.87. The van der Waals surface area contributed by atoms with Gasteiger partial charge in [-0.25, -0.2) is 0 Å². The molecule has 1 N–H and O–H groups in total. The molecular weight excluding hydrogens is 272 g/mol. The van der Waals surface area contributed by atoms with E-state index in [4.69, 9.17) is 0 Å². The van der Waals surface area contributed by atoms with Crippen molar-refractivity contribution in [2.24, 2.45) is 0 Å². The van der Waals surface area contributed by atoms with Crippen molar-refractivity contribution in [2.75, 3.05) is 13.2 Å². The molecule has 2 rings (SSSR count). The number of hydrogen-bond donors (Lipinski definition) is 1. The zero-order chi connectivity index (χ0) is 15.9. The summed E-state index contributed by atoms with van der Waals surface area (Å²) in [5.41, 5.74) is 1.10. The van der Waals surface area contributed by atoms with Crippen molar-refractivity contribution in [3.63, 3.8) is 0 Å². The van der Waals surface area contributed by atoms with E-state index in [2.05, 4.69) is 11.7 Å². The van der Waals surface area contributed by atoms with E-state index >= 15 is 0 Å². The minimum absolute atomic E-state index is 0.457. The number of aryl methyl sites for hydroxylation is 1. The molecule has 126 valence electrons. The first-order chi connectivity index (χ1) is 10.8. The van der Waals surface area contributed by atoms with E-state index < -0.39 is 0 Å². The van der Waals surface area contributed by atoms with Crippen LogP contribution < -0.4 is 0 Å². The topological polar surface area (TPSA) is 32.8 Å². The molecule has 1 aromatic carbocycles. The van der Waals surface area contributed by atoms with Gasteiger partial charge in [-0.3, -0.25) is 0 Å². The fourth-order valence-corrected chi connectivity index (χ4v) is 2.53. The number of unbranched alkanes of at least 4 members (excludes halogenated alkanes) is 9. The maximum Gasteiger partial charge on any atom is 0.118 e. The molecule has 1 heterocycles. The monoisotopic (exact) mass is 306 g/mol. The highest BCUT2D eigenvalue weighted by molar-refractivity contribution is 5.31. The van der Waals surface area contributed by atoms with Gasteiger partial charge in [-0.15, -0.1) is 0 Å². The number of epoxide rings is 1. The minimum Gasteiger partial charge on any atom is -0.508 e. The normalized spacial score (nSPS) is 12.6. The lowest BCUT2D eigenvalue weighted by molar-refractivity contribution is 0.466. The van der Waals surface area contributed by atoms with Crippen molar-refractivity contribution in [1.82, 2.24) is 0 Å². The molecule has 1 saturated heterocycles. The highest BCUT2D eigenvalue weighted by Crippen LogP contribution is 2.19. The summed E-state index contributed by atoms with van der Waals surface area (Å²) in [6.45, 7) is 4.27. The second-order valence-electron chi connectivity index (χ2n) is 6.17. The predicted molar refractivity (Wildman–Crippen MR) is 94.5 cm³/mol. The number of phenolic OH excluding ortho intramolecular Hbond substituents is 1. The number of phenols is 1. The molecule has 0 aromatic heterocycles. The highest BCUT2D eigenvalue weighted by atomic mass is 16.6. The summed E-state index contributed by atoms with van der Waals surface area (Å²) in [5.74, 6) is 0.457. The minimum atomic E-state index is 0.457. The molecule has 1 aliphatic rings. The average Bonchev–Trinajstić information content (AvgIpc) is 3.39. The third-order valence-corrected chi connectivity index (χ3v) is 4.00. The smallest absolute Gasteiger partial charge is 0.118 e. The Morgan fingerprint density at radius 1 is 0.818 bits per heavy atom. The number of benzene rings is 1. The van der Waals surface area contributed by atoms with Gasteiger partial charge < -0.3 is 9.84 Å². The van der Waals surface area contributed by atoms with Gasteiger partial charge >= 0.3 is 0 Å². The van der Waals surface area contributed by atoms with Crippen LogP contribution in [0.5, 0.6) is 5.75 Å². The molecule has 0 bridgehead atoms. The molecule has 0 saturated carbocycles. The SMILES string of the molecule is C1CO1.CCCCCCCCCCCCc1ccccc1O. The van der Waals surface area contributed by atoms with Gasteiger partial charge in [0.15, 0.2) is 0 Å². The van der Waals surface area contributed by atoms with E-state index in [9.17, 15) is 5.11 Å². The van der Waals surface area contributed by atoms with Crippen molar-refractivity contribution in [1.29, 1.82) is 0 Å². The van der Waals surface area contributed by atoms with Crippen molar-refractivity contribution >= 4 is 0 Å². The Morgan fingerprint density at radius 3 is 1.82 bits per heavy atom. The lowest BCUT2D eigenvalue weighted by atomic mass is 10.0. The number of aromatic hydroxyl groups is 1. The second-order valence-corrected chi connectivity index (χ2v) is 6.17. The van der Waals surface area contributed by atoms with Crippen LogP contribution in [0.15, 0.2) is 24.3 Å². The lowest BCUT2D eigenvalue weighted by Crippen LogP contribution is -1.87. The van der Waals surface area contributed by atoms with Crippen LogP contribution in [-0.4, -0.2) is 18.3 Å². The molecule has 1 aliphatic heterocycles. The molecule has 0 amide bonds. The van der Waals surface area contributed by atoms with Gasteiger partial charge in [0.25, 0.3) is 0 Å². The summed E-state index contributed by atoms with van der Waals surface area (Å²) in [4.78, 5) is 0. The first kappa shape index (κ1) is 19.0. The van der Waals surface area contributed by atoms with Gasteiger partial charge in [0.2, 0.25) is 0 Å². The summed E-state index contributed by atoms with van der Waals surface area (Å²) >= 11 is 0. The summed E-state index contributed by atoms with van der Waals surface area (Å²) < 4.78 is 4.50. The lowest BCUT2D eigenvalue weighted by Gasteiger charge is -2.04. The van der Waals surface area contributed by atoms with Crippen molar-refractivity contribution < 1.29 is 9.84 Å². The third-order valence-electron chi connectivity index (χ3n) is 4.00. The van der Waals surface area contributed by atoms with Gasteiger partial charge in [-0.2, -0.15) is 0 Å². The molecule has 0 aliphatic carbocycles. The molecule has 1 aromatic rings. The molecule has 0 spiro atoms. The van der Waals surface area contributed by atoms with Crippen LogP contribution in [0.25, 0.3) is 0 Å². The number of rotatable bonds is 11. The van der Waals surface area contributed by atoms with E-state index in [1.54, 1.807) is 6.07 Å². The molecule has 22 heavy (non-hydrogen) atoms. The Morgan fingerprint density at radius 2 is 1.32 bits per heavy atom. The van der Waals surface area contributed by atoms with Crippen LogP contribution >= 0.6 is 0 Å². The van der Waals surface area contributed by atoms with Gasteiger partial charge in [0, 0.05) is 0 Å². The van der Waals surface area contributed by atoms with Gasteiger partial charge in [-0.05, 0) is 24.5 Å². The average molecular weight is 306 g/mol. The number of para-hydroxylation sites is 1. The van der Waals surface area contributed by atoms with Gasteiger partial charge in [0.1, 0.15) is 5.75 Å². The van der Waals surface area contributed by atoms with Gasteiger partial charge in [-0.1, -0.05) is 82.9 Å². The van der Waals surface area contributed by atoms with Crippen molar-refractivity contribution in [2.45, 2.75) is 77.6 Å². The Labute approximate surface area is 136 Å². The van der Waals surface area contributed by atoms with Crippen molar-refractivity contribution in [3.05, 3.63) is 29.8 Å². The van der Waals surface area contributed by atoms with Crippen LogP contribution in [-0.2, 0) is 11.2 Å². The van der Waals surface area contributed by atoms with Crippen LogP contribution in [0, 0.1) is 0 Å². The first-order valence-corrected chi connectivity index (χ1v) is 9.19. The van der Waals surface area contributed by atoms with Crippen LogP contribution in [0.3, 0.4) is 0 Å². The fourth-order valence-electron chi connectivity index (χ4n) is 2.53. The summed E-state index contributed by atoms with van der Waals surface area (Å²) in [6, 6.07) is 7.71. The van der Waals surface area contributed by atoms with E-state index in [1.807, 2.05) is 18.2 Å². The zero-order valence-electron chi connectivity index (χ0n) is 14.4. The largest absolute Gasteiger partial charge is 0.508 e. The standard InChI is InChI=1S/C18H30O.C2H4O/c1-2-3-4-5-6-7-8-9-10-11-14-17-15-12-13-16-18(17)19;1-2-3-1/h12-13,15-16,19H,2-11,14H2,1H3;1-2H2. The Hall–Kier alpha value is -1.02. The first-order valence-electron chi connectivity index (χ1n) is 9.19. The van der Waals surface area contributed by atoms with Crippen LogP contribution in [0.1, 0.15) is 76.7 Å². The van der Waals surface area contributed by atoms with E-state index in [-0.39, 0.29) is 0 Å². The summed E-state index contributed by atoms with van der Waals surface area (Å²) in [5, 5.41) is 9.65. The molecule has 0 atom stereocenters. The molecular formula is C20H34O2. The Bertz CT molecular complexity index is 358. The van der Waals surface area contributed by atoms with E-state index in [1.165, 1.54) is 64.2 Å².